The van der Waals surface area contributed by atoms with Crippen LogP contribution in [0.1, 0.15) is 43.8 Å². The van der Waals surface area contributed by atoms with Crippen molar-refractivity contribution in [2.24, 2.45) is 5.41 Å². The fourth-order valence-electron chi connectivity index (χ4n) is 3.28. The maximum Gasteiger partial charge on any atom is 0.316 e. The molecule has 2 heterocycles. The number of carbonyl (C=O) groups is 1. The van der Waals surface area contributed by atoms with Crippen molar-refractivity contribution < 1.29 is 18.7 Å². The van der Waals surface area contributed by atoms with Gasteiger partial charge in [-0.1, -0.05) is 42.5 Å². The van der Waals surface area contributed by atoms with E-state index in [1.165, 1.54) is 0 Å². The van der Waals surface area contributed by atoms with E-state index >= 15 is 0 Å². The minimum absolute atomic E-state index is 0.284. The van der Waals surface area contributed by atoms with Crippen molar-refractivity contribution in [1.29, 1.82) is 0 Å². The molecule has 148 valence electrons. The number of para-hydroxylation sites is 1. The van der Waals surface area contributed by atoms with Crippen molar-refractivity contribution in [1.82, 2.24) is 0 Å². The molecule has 0 aliphatic carbocycles. The number of hydrogen-bond donors (Lipinski definition) is 0. The van der Waals surface area contributed by atoms with Gasteiger partial charge in [0.2, 0.25) is 0 Å². The second kappa shape index (κ2) is 7.63. The fourth-order valence-corrected chi connectivity index (χ4v) is 3.28. The summed E-state index contributed by atoms with van der Waals surface area (Å²) in [7, 11) is 0. The molecule has 0 fully saturated rings. The molecule has 2 aromatic carbocycles. The summed E-state index contributed by atoms with van der Waals surface area (Å²) in [4.78, 5) is 12.8. The van der Waals surface area contributed by atoms with E-state index in [0.29, 0.717) is 17.9 Å². The second-order valence-corrected chi connectivity index (χ2v) is 8.15. The zero-order chi connectivity index (χ0) is 20.4. The van der Waals surface area contributed by atoms with Gasteiger partial charge in [-0.15, -0.1) is 0 Å². The van der Waals surface area contributed by atoms with E-state index in [9.17, 15) is 4.79 Å². The third-order valence-corrected chi connectivity index (χ3v) is 4.84. The van der Waals surface area contributed by atoms with Gasteiger partial charge in [-0.05, 0) is 50.6 Å². The first kappa shape index (κ1) is 19.1. The van der Waals surface area contributed by atoms with Crippen LogP contribution in [0, 0.1) is 5.41 Å². The van der Waals surface area contributed by atoms with Crippen molar-refractivity contribution in [3.05, 3.63) is 95.5 Å². The van der Waals surface area contributed by atoms with Crippen LogP contribution in [0.25, 0.3) is 5.76 Å². The Hall–Kier alpha value is -3.27. The first-order valence-corrected chi connectivity index (χ1v) is 9.72. The Morgan fingerprint density at radius 2 is 1.69 bits per heavy atom. The molecule has 4 rings (SSSR count). The number of benzene rings is 2. The number of furan rings is 1. The minimum atomic E-state index is -0.627. The first-order chi connectivity index (χ1) is 13.9. The molecule has 0 radical (unpaired) electrons. The molecule has 0 saturated heterocycles. The highest BCUT2D eigenvalue weighted by Crippen LogP contribution is 2.44. The molecule has 1 atom stereocenters. The van der Waals surface area contributed by atoms with Crippen molar-refractivity contribution >= 4 is 11.7 Å². The Kier molecular flexibility index (Phi) is 5.01. The molecule has 4 nitrogen and oxygen atoms in total. The molecule has 0 unspecified atom stereocenters. The molecule has 0 spiro atoms. The molecule has 0 saturated carbocycles. The van der Waals surface area contributed by atoms with Gasteiger partial charge >= 0.3 is 5.97 Å². The van der Waals surface area contributed by atoms with Crippen LogP contribution in [0.5, 0.6) is 5.75 Å². The molecule has 1 aromatic heterocycles. The van der Waals surface area contributed by atoms with Gasteiger partial charge in [-0.3, -0.25) is 4.79 Å². The predicted molar refractivity (Wildman–Crippen MR) is 111 cm³/mol. The van der Waals surface area contributed by atoms with Gasteiger partial charge in [-0.2, -0.15) is 0 Å². The summed E-state index contributed by atoms with van der Waals surface area (Å²) < 4.78 is 18.0. The second-order valence-electron chi connectivity index (χ2n) is 8.15. The lowest BCUT2D eigenvalue weighted by molar-refractivity contribution is -0.145. The molecule has 1 aliphatic rings. The summed E-state index contributed by atoms with van der Waals surface area (Å²) in [5.41, 5.74) is 2.01. The zero-order valence-electron chi connectivity index (χ0n) is 16.8. The smallest absolute Gasteiger partial charge is 0.316 e. The van der Waals surface area contributed by atoms with Gasteiger partial charge in [0.1, 0.15) is 23.4 Å². The van der Waals surface area contributed by atoms with Crippen LogP contribution in [0.3, 0.4) is 0 Å². The van der Waals surface area contributed by atoms with Gasteiger partial charge in [0.05, 0.1) is 17.2 Å². The van der Waals surface area contributed by atoms with E-state index in [4.69, 9.17) is 13.9 Å². The molecule has 0 bridgehead atoms. The first-order valence-electron chi connectivity index (χ1n) is 9.72. The number of ether oxygens (including phenoxy) is 2. The molecule has 29 heavy (non-hydrogen) atoms. The molecule has 0 N–H and O–H groups in total. The SMILES string of the molecule is CC(C)(C)C(=O)OC1=C(Cc2ccco2)[C@@H](c2ccccc2)Oc2ccccc21. The Balaban J connectivity index is 1.88. The van der Waals surface area contributed by atoms with E-state index in [2.05, 4.69) is 0 Å². The minimum Gasteiger partial charge on any atom is -0.480 e. The molecular formula is C25H24O4. The van der Waals surface area contributed by atoms with Crippen LogP contribution in [-0.4, -0.2) is 5.97 Å². The summed E-state index contributed by atoms with van der Waals surface area (Å²) in [6.45, 7) is 5.55. The van der Waals surface area contributed by atoms with Crippen LogP contribution in [0.2, 0.25) is 0 Å². The zero-order valence-corrected chi connectivity index (χ0v) is 16.8. The lowest BCUT2D eigenvalue weighted by Crippen LogP contribution is -2.26. The van der Waals surface area contributed by atoms with E-state index in [1.807, 2.05) is 87.5 Å². The molecule has 1 aliphatic heterocycles. The summed E-state index contributed by atoms with van der Waals surface area (Å²) in [6, 6.07) is 21.4. The number of hydrogen-bond acceptors (Lipinski definition) is 4. The van der Waals surface area contributed by atoms with E-state index in [-0.39, 0.29) is 12.1 Å². The highest BCUT2D eigenvalue weighted by molar-refractivity contribution is 5.85. The van der Waals surface area contributed by atoms with Gasteiger partial charge in [-0.25, -0.2) is 0 Å². The molecule has 0 amide bonds. The average molecular weight is 388 g/mol. The van der Waals surface area contributed by atoms with Crippen LogP contribution in [0.15, 0.2) is 83.0 Å². The van der Waals surface area contributed by atoms with Crippen molar-refractivity contribution in [2.75, 3.05) is 0 Å². The average Bonchev–Trinajstić information content (AvgIpc) is 3.22. The fraction of sp³-hybridized carbons (Fsp3) is 0.240. The van der Waals surface area contributed by atoms with E-state index in [1.54, 1.807) is 6.26 Å². The van der Waals surface area contributed by atoms with Gasteiger partial charge < -0.3 is 13.9 Å². The van der Waals surface area contributed by atoms with Crippen LogP contribution in [-0.2, 0) is 16.0 Å². The van der Waals surface area contributed by atoms with Crippen LogP contribution in [0.4, 0.5) is 0 Å². The van der Waals surface area contributed by atoms with Crippen molar-refractivity contribution in [3.8, 4) is 5.75 Å². The quantitative estimate of drug-likeness (QED) is 0.518. The molecular weight excluding hydrogens is 364 g/mol. The summed E-state index contributed by atoms with van der Waals surface area (Å²) in [6.07, 6.45) is 1.75. The maximum atomic E-state index is 12.8. The lowest BCUT2D eigenvalue weighted by Gasteiger charge is -2.31. The highest BCUT2D eigenvalue weighted by Gasteiger charge is 2.34. The van der Waals surface area contributed by atoms with Crippen LogP contribution < -0.4 is 4.74 Å². The number of rotatable bonds is 4. The van der Waals surface area contributed by atoms with Gasteiger partial charge in [0.15, 0.2) is 0 Å². The Morgan fingerprint density at radius 3 is 2.38 bits per heavy atom. The summed E-state index contributed by atoms with van der Waals surface area (Å²) in [5, 5.41) is 0. The van der Waals surface area contributed by atoms with Gasteiger partial charge in [0.25, 0.3) is 0 Å². The van der Waals surface area contributed by atoms with E-state index in [0.717, 1.165) is 22.5 Å². The number of carbonyl (C=O) groups excluding carboxylic acids is 1. The lowest BCUT2D eigenvalue weighted by atomic mass is 9.91. The Morgan fingerprint density at radius 1 is 0.966 bits per heavy atom. The van der Waals surface area contributed by atoms with Gasteiger partial charge in [0, 0.05) is 12.0 Å². The standard InChI is InChI=1S/C25H24O4/c1-25(2,3)24(26)29-23-19-13-7-8-14-21(19)28-22(17-10-5-4-6-11-17)20(23)16-18-12-9-15-27-18/h4-15,22H,16H2,1-3H3/t22-/m1/s1. The highest BCUT2D eigenvalue weighted by atomic mass is 16.5. The molecule has 4 heteroatoms. The Labute approximate surface area is 170 Å². The topological polar surface area (TPSA) is 48.7 Å². The number of esters is 1. The number of fused-ring (bicyclic) bond motifs is 1. The molecule has 3 aromatic rings. The third-order valence-electron chi connectivity index (χ3n) is 4.84. The van der Waals surface area contributed by atoms with E-state index < -0.39 is 5.41 Å². The normalized spacial score (nSPS) is 16.2. The summed E-state index contributed by atoms with van der Waals surface area (Å²) >= 11 is 0. The third kappa shape index (κ3) is 3.97. The maximum absolute atomic E-state index is 12.8. The van der Waals surface area contributed by atoms with Crippen LogP contribution >= 0.6 is 0 Å². The predicted octanol–water partition coefficient (Wildman–Crippen LogP) is 5.96. The summed E-state index contributed by atoms with van der Waals surface area (Å²) in [5.74, 6) is 1.75. The monoisotopic (exact) mass is 388 g/mol. The van der Waals surface area contributed by atoms with Crippen molar-refractivity contribution in [2.45, 2.75) is 33.3 Å². The largest absolute Gasteiger partial charge is 0.480 e. The Bertz CT molecular complexity index is 1020. The van der Waals surface area contributed by atoms with Crippen molar-refractivity contribution in [3.63, 3.8) is 0 Å².